The lowest BCUT2D eigenvalue weighted by Crippen LogP contribution is -2.33. The molecule has 2 aliphatic rings. The largest absolute Gasteiger partial charge is 0.394 e. The number of aliphatic hydroxyl groups is 3. The Balaban J connectivity index is 2.03. The molecule has 1 aromatic heterocycles. The molecule has 0 aromatic carbocycles. The van der Waals surface area contributed by atoms with E-state index in [0.717, 1.165) is 0 Å². The smallest absolute Gasteiger partial charge is 0.223 e. The fraction of sp³-hybridized carbons (Fsp3) is 0.615. The maximum absolute atomic E-state index is 10.1. The van der Waals surface area contributed by atoms with Crippen molar-refractivity contribution in [3.05, 3.63) is 12.0 Å². The average molecular weight is 310 g/mol. The normalized spacial score (nSPS) is 31.1. The number of rotatable bonds is 3. The van der Waals surface area contributed by atoms with E-state index in [0.29, 0.717) is 29.5 Å². The Hall–Kier alpha value is -1.81. The Labute approximate surface area is 126 Å². The maximum atomic E-state index is 10.1. The molecule has 4 atom stereocenters. The van der Waals surface area contributed by atoms with Crippen molar-refractivity contribution in [2.75, 3.05) is 6.61 Å². The molecule has 3 heterocycles. The molecule has 1 fully saturated rings. The van der Waals surface area contributed by atoms with E-state index < -0.39 is 31.1 Å². The Morgan fingerprint density at radius 2 is 2.09 bits per heavy atom. The zero-order valence-corrected chi connectivity index (χ0v) is 12.2. The third kappa shape index (κ3) is 2.31. The van der Waals surface area contributed by atoms with Gasteiger partial charge in [0.15, 0.2) is 12.0 Å². The second-order valence-electron chi connectivity index (χ2n) is 5.17. The molecular weight excluding hydrogens is 292 g/mol. The number of oxime groups is 1. The first-order chi connectivity index (χ1) is 10.6. The first-order valence-corrected chi connectivity index (χ1v) is 7.05. The van der Waals surface area contributed by atoms with E-state index in [1.807, 2.05) is 6.92 Å². The van der Waals surface area contributed by atoms with Crippen LogP contribution in [0.1, 0.15) is 32.2 Å². The topological polar surface area (TPSA) is 122 Å². The number of aliphatic hydroxyl groups excluding tert-OH is 3. The summed E-state index contributed by atoms with van der Waals surface area (Å²) in [6.07, 6.45) is -2.06. The molecule has 1 aromatic rings. The highest BCUT2D eigenvalue weighted by molar-refractivity contribution is 6.03. The number of nitrogens with zero attached hydrogens (tertiary/aromatic N) is 4. The highest BCUT2D eigenvalue weighted by Crippen LogP contribution is 2.34. The van der Waals surface area contributed by atoms with Crippen LogP contribution in [0.25, 0.3) is 0 Å². The predicted octanol–water partition coefficient (Wildman–Crippen LogP) is -0.311. The van der Waals surface area contributed by atoms with Crippen LogP contribution in [0.2, 0.25) is 0 Å². The minimum absolute atomic E-state index is 0.332. The van der Waals surface area contributed by atoms with Gasteiger partial charge in [-0.1, -0.05) is 12.1 Å². The van der Waals surface area contributed by atoms with Crippen LogP contribution in [0.5, 0.6) is 0 Å². The first kappa shape index (κ1) is 15.1. The van der Waals surface area contributed by atoms with Gasteiger partial charge in [-0.2, -0.15) is 4.99 Å². The van der Waals surface area contributed by atoms with Crippen molar-refractivity contribution >= 4 is 17.4 Å². The molecule has 120 valence electrons. The van der Waals surface area contributed by atoms with Gasteiger partial charge in [-0.3, -0.25) is 4.57 Å². The molecule has 3 rings (SSSR count). The van der Waals surface area contributed by atoms with Gasteiger partial charge in [0.1, 0.15) is 29.7 Å². The second-order valence-corrected chi connectivity index (χ2v) is 5.17. The van der Waals surface area contributed by atoms with Crippen LogP contribution in [0.3, 0.4) is 0 Å². The van der Waals surface area contributed by atoms with Gasteiger partial charge in [-0.15, -0.1) is 0 Å². The van der Waals surface area contributed by atoms with Crippen LogP contribution < -0.4 is 0 Å². The van der Waals surface area contributed by atoms with Crippen LogP contribution in [0, 0.1) is 0 Å². The van der Waals surface area contributed by atoms with Crippen molar-refractivity contribution in [3.8, 4) is 0 Å². The molecule has 0 spiro atoms. The average Bonchev–Trinajstić information content (AvgIpc) is 2.98. The van der Waals surface area contributed by atoms with E-state index in [1.165, 1.54) is 10.9 Å². The highest BCUT2D eigenvalue weighted by atomic mass is 16.6. The highest BCUT2D eigenvalue weighted by Gasteiger charge is 2.44. The lowest BCUT2D eigenvalue weighted by Gasteiger charge is -2.17. The lowest BCUT2D eigenvalue weighted by molar-refractivity contribution is -0.0519. The van der Waals surface area contributed by atoms with Crippen molar-refractivity contribution < 1.29 is 24.9 Å². The summed E-state index contributed by atoms with van der Waals surface area (Å²) < 4.78 is 7.03. The summed E-state index contributed by atoms with van der Waals surface area (Å²) >= 11 is 0. The Morgan fingerprint density at radius 3 is 2.73 bits per heavy atom. The molecule has 0 amide bonds. The van der Waals surface area contributed by atoms with Crippen molar-refractivity contribution in [2.45, 2.75) is 44.8 Å². The van der Waals surface area contributed by atoms with E-state index in [9.17, 15) is 15.3 Å². The van der Waals surface area contributed by atoms with Crippen molar-refractivity contribution in [1.29, 1.82) is 0 Å². The molecule has 1 saturated heterocycles. The van der Waals surface area contributed by atoms with Gasteiger partial charge in [0, 0.05) is 6.92 Å². The van der Waals surface area contributed by atoms with Crippen molar-refractivity contribution in [2.24, 2.45) is 10.1 Å². The number of imidazole rings is 1. The fourth-order valence-corrected chi connectivity index (χ4v) is 2.53. The molecule has 0 unspecified atom stereocenters. The number of fused-ring (bicyclic) bond motifs is 1. The third-order valence-corrected chi connectivity index (χ3v) is 3.72. The summed E-state index contributed by atoms with van der Waals surface area (Å²) in [6, 6.07) is 0. The molecule has 0 aliphatic carbocycles. The van der Waals surface area contributed by atoms with Crippen LogP contribution in [0.15, 0.2) is 16.5 Å². The standard InChI is InChI=1S/C13H18N4O5/c1-3-7-9-12(15-6(2)22-16-7)17(5-14-9)13-11(20)10(19)8(4-18)21-13/h5,8,10-11,13,18-20H,3-4H2,1-2H3/t8-,10-,11-,13-/m1/s1. The summed E-state index contributed by atoms with van der Waals surface area (Å²) in [4.78, 5) is 13.7. The van der Waals surface area contributed by atoms with Gasteiger partial charge in [0.2, 0.25) is 5.90 Å². The van der Waals surface area contributed by atoms with Gasteiger partial charge in [0.05, 0.1) is 12.9 Å². The van der Waals surface area contributed by atoms with E-state index in [4.69, 9.17) is 9.57 Å². The van der Waals surface area contributed by atoms with Gasteiger partial charge in [0.25, 0.3) is 0 Å². The molecule has 0 saturated carbocycles. The Kier molecular flexibility index (Phi) is 3.96. The van der Waals surface area contributed by atoms with Gasteiger partial charge >= 0.3 is 0 Å². The van der Waals surface area contributed by atoms with Crippen LogP contribution in [-0.2, 0) is 9.57 Å². The van der Waals surface area contributed by atoms with Gasteiger partial charge < -0.3 is 24.9 Å². The Bertz CT molecular complexity index is 626. The first-order valence-electron chi connectivity index (χ1n) is 7.05. The fourth-order valence-electron chi connectivity index (χ4n) is 2.53. The molecular formula is C13H18N4O5. The Morgan fingerprint density at radius 1 is 1.32 bits per heavy atom. The van der Waals surface area contributed by atoms with Crippen molar-refractivity contribution in [3.63, 3.8) is 0 Å². The molecule has 0 bridgehead atoms. The number of aliphatic imine (C=N–C) groups is 1. The van der Waals surface area contributed by atoms with Crippen LogP contribution in [-0.4, -0.2) is 61.4 Å². The molecule has 9 nitrogen and oxygen atoms in total. The van der Waals surface area contributed by atoms with Crippen molar-refractivity contribution in [1.82, 2.24) is 9.55 Å². The van der Waals surface area contributed by atoms with Gasteiger partial charge in [-0.05, 0) is 6.42 Å². The van der Waals surface area contributed by atoms with E-state index in [-0.39, 0.29) is 0 Å². The molecule has 3 N–H and O–H groups in total. The predicted molar refractivity (Wildman–Crippen MR) is 75.9 cm³/mol. The summed E-state index contributed by atoms with van der Waals surface area (Å²) in [7, 11) is 0. The molecule has 0 radical (unpaired) electrons. The van der Waals surface area contributed by atoms with Crippen LogP contribution >= 0.6 is 0 Å². The van der Waals surface area contributed by atoms with E-state index in [1.54, 1.807) is 6.92 Å². The summed E-state index contributed by atoms with van der Waals surface area (Å²) in [6.45, 7) is 3.18. The maximum Gasteiger partial charge on any atom is 0.223 e. The third-order valence-electron chi connectivity index (χ3n) is 3.72. The van der Waals surface area contributed by atoms with E-state index >= 15 is 0 Å². The van der Waals surface area contributed by atoms with Gasteiger partial charge in [-0.25, -0.2) is 4.98 Å². The number of hydrogen-bond donors (Lipinski definition) is 3. The summed E-state index contributed by atoms with van der Waals surface area (Å²) in [5.41, 5.74) is 1.16. The monoisotopic (exact) mass is 310 g/mol. The quantitative estimate of drug-likeness (QED) is 0.704. The molecule has 2 aliphatic heterocycles. The van der Waals surface area contributed by atoms with Crippen LogP contribution in [0.4, 0.5) is 5.82 Å². The molecule has 9 heteroatoms. The minimum Gasteiger partial charge on any atom is -0.394 e. The minimum atomic E-state index is -1.20. The van der Waals surface area contributed by atoms with E-state index in [2.05, 4.69) is 15.1 Å². The summed E-state index contributed by atoms with van der Waals surface area (Å²) in [5, 5.41) is 33.2. The zero-order chi connectivity index (χ0) is 15.9. The number of ether oxygens (including phenoxy) is 1. The number of hydrogen-bond acceptors (Lipinski definition) is 8. The second kappa shape index (κ2) is 5.76. The zero-order valence-electron chi connectivity index (χ0n) is 12.2. The number of aromatic nitrogens is 2. The SMILES string of the molecule is CCC1=NOC(C)=Nc2c1ncn2[C@@H]1O[C@H](CO)[C@@H](O)[C@H]1O. The molecule has 22 heavy (non-hydrogen) atoms. The summed E-state index contributed by atoms with van der Waals surface area (Å²) in [5.74, 6) is 0.767. The lowest BCUT2D eigenvalue weighted by atomic mass is 10.1.